The van der Waals surface area contributed by atoms with Crippen molar-refractivity contribution in [1.29, 1.82) is 0 Å². The average Bonchev–Trinajstić information content (AvgIpc) is 3.28. The SMILES string of the molecule is CCCN(c1nc2ccccc2cc1CCl)C1CC1. The van der Waals surface area contributed by atoms with Crippen molar-refractivity contribution in [1.82, 2.24) is 4.98 Å². The first-order valence-electron chi connectivity index (χ1n) is 7.04. The Hall–Kier alpha value is -1.28. The Morgan fingerprint density at radius 1 is 1.32 bits per heavy atom. The maximum Gasteiger partial charge on any atom is 0.133 e. The molecule has 1 fully saturated rings. The topological polar surface area (TPSA) is 16.1 Å². The van der Waals surface area contributed by atoms with Gasteiger partial charge in [-0.05, 0) is 31.4 Å². The van der Waals surface area contributed by atoms with E-state index in [1.807, 2.05) is 12.1 Å². The number of fused-ring (bicyclic) bond motifs is 1. The van der Waals surface area contributed by atoms with E-state index in [2.05, 4.69) is 30.0 Å². The van der Waals surface area contributed by atoms with Gasteiger partial charge in [0.05, 0.1) is 11.4 Å². The van der Waals surface area contributed by atoms with Crippen LogP contribution in [0.15, 0.2) is 30.3 Å². The molecule has 0 spiro atoms. The first kappa shape index (κ1) is 12.7. The number of anilines is 1. The van der Waals surface area contributed by atoms with Crippen LogP contribution in [0.4, 0.5) is 5.82 Å². The molecule has 0 unspecified atom stereocenters. The Kier molecular flexibility index (Phi) is 3.61. The molecule has 3 rings (SSSR count). The van der Waals surface area contributed by atoms with Crippen molar-refractivity contribution < 1.29 is 0 Å². The highest BCUT2D eigenvalue weighted by atomic mass is 35.5. The molecule has 0 bridgehead atoms. The summed E-state index contributed by atoms with van der Waals surface area (Å²) in [5, 5.41) is 1.18. The molecule has 0 saturated heterocycles. The lowest BCUT2D eigenvalue weighted by molar-refractivity contribution is 0.749. The molecule has 0 atom stereocenters. The van der Waals surface area contributed by atoms with Crippen molar-refractivity contribution >= 4 is 28.3 Å². The molecule has 1 aromatic carbocycles. The van der Waals surface area contributed by atoms with Gasteiger partial charge in [-0.15, -0.1) is 11.6 Å². The van der Waals surface area contributed by atoms with E-state index in [1.165, 1.54) is 18.2 Å². The number of hydrogen-bond acceptors (Lipinski definition) is 2. The monoisotopic (exact) mass is 274 g/mol. The standard InChI is InChI=1S/C16H19ClN2/c1-2-9-19(14-7-8-14)16-13(11-17)10-12-5-3-4-6-15(12)18-16/h3-6,10,14H,2,7-9,11H2,1H3. The van der Waals surface area contributed by atoms with Gasteiger partial charge in [-0.2, -0.15) is 0 Å². The van der Waals surface area contributed by atoms with Gasteiger partial charge < -0.3 is 4.90 Å². The summed E-state index contributed by atoms with van der Waals surface area (Å²) >= 11 is 6.14. The molecule has 1 aliphatic rings. The largest absolute Gasteiger partial charge is 0.353 e. The second-order valence-electron chi connectivity index (χ2n) is 5.22. The maximum absolute atomic E-state index is 6.14. The lowest BCUT2D eigenvalue weighted by atomic mass is 10.1. The molecule has 3 heteroatoms. The number of aromatic nitrogens is 1. The average molecular weight is 275 g/mol. The number of halogens is 1. The third-order valence-corrected chi connectivity index (χ3v) is 3.94. The van der Waals surface area contributed by atoms with Gasteiger partial charge in [-0.3, -0.25) is 0 Å². The third kappa shape index (κ3) is 2.55. The fourth-order valence-corrected chi connectivity index (χ4v) is 2.78. The number of alkyl halides is 1. The minimum atomic E-state index is 0.528. The Labute approximate surface area is 119 Å². The number of para-hydroxylation sites is 1. The molecule has 0 N–H and O–H groups in total. The Bertz CT molecular complexity index is 578. The number of hydrogen-bond donors (Lipinski definition) is 0. The van der Waals surface area contributed by atoms with Gasteiger partial charge in [0.25, 0.3) is 0 Å². The van der Waals surface area contributed by atoms with Gasteiger partial charge >= 0.3 is 0 Å². The van der Waals surface area contributed by atoms with Crippen molar-refractivity contribution in [3.8, 4) is 0 Å². The predicted octanol–water partition coefficient (Wildman–Crippen LogP) is 4.35. The van der Waals surface area contributed by atoms with Crippen LogP contribution in [-0.4, -0.2) is 17.6 Å². The molecule has 1 heterocycles. The van der Waals surface area contributed by atoms with E-state index in [0.717, 1.165) is 29.9 Å². The van der Waals surface area contributed by atoms with Crippen LogP contribution in [0.3, 0.4) is 0 Å². The quantitative estimate of drug-likeness (QED) is 0.754. The Morgan fingerprint density at radius 2 is 2.11 bits per heavy atom. The van der Waals surface area contributed by atoms with Crippen LogP contribution in [0.5, 0.6) is 0 Å². The van der Waals surface area contributed by atoms with Gasteiger partial charge in [0.15, 0.2) is 0 Å². The van der Waals surface area contributed by atoms with Crippen molar-refractivity contribution in [2.45, 2.75) is 38.1 Å². The lowest BCUT2D eigenvalue weighted by Gasteiger charge is -2.25. The van der Waals surface area contributed by atoms with Gasteiger partial charge in [-0.25, -0.2) is 4.98 Å². The molecule has 2 nitrogen and oxygen atoms in total. The van der Waals surface area contributed by atoms with E-state index in [1.54, 1.807) is 0 Å². The fraction of sp³-hybridized carbons (Fsp3) is 0.438. The predicted molar refractivity (Wildman–Crippen MR) is 82.0 cm³/mol. The Morgan fingerprint density at radius 3 is 2.79 bits per heavy atom. The molecule has 0 aliphatic heterocycles. The van der Waals surface area contributed by atoms with Crippen molar-refractivity contribution in [2.75, 3.05) is 11.4 Å². The molecule has 0 amide bonds. The van der Waals surface area contributed by atoms with Crippen LogP contribution in [0.2, 0.25) is 0 Å². The summed E-state index contributed by atoms with van der Waals surface area (Å²) in [6.45, 7) is 3.29. The molecule has 1 aliphatic carbocycles. The van der Waals surface area contributed by atoms with Crippen LogP contribution in [0.25, 0.3) is 10.9 Å². The van der Waals surface area contributed by atoms with Gasteiger partial charge in [0.2, 0.25) is 0 Å². The molecule has 100 valence electrons. The second-order valence-corrected chi connectivity index (χ2v) is 5.49. The zero-order valence-electron chi connectivity index (χ0n) is 11.3. The second kappa shape index (κ2) is 5.38. The molecule has 1 saturated carbocycles. The molecule has 0 radical (unpaired) electrons. The van der Waals surface area contributed by atoms with E-state index in [0.29, 0.717) is 11.9 Å². The zero-order valence-corrected chi connectivity index (χ0v) is 12.0. The fourth-order valence-electron chi connectivity index (χ4n) is 2.59. The van der Waals surface area contributed by atoms with E-state index >= 15 is 0 Å². The van der Waals surface area contributed by atoms with Crippen LogP contribution < -0.4 is 4.90 Å². The molecular formula is C16H19ClN2. The number of pyridine rings is 1. The minimum Gasteiger partial charge on any atom is -0.353 e. The number of benzene rings is 1. The van der Waals surface area contributed by atoms with E-state index < -0.39 is 0 Å². The van der Waals surface area contributed by atoms with Crippen LogP contribution in [0, 0.1) is 0 Å². The normalized spacial score (nSPS) is 14.8. The molecule has 19 heavy (non-hydrogen) atoms. The molecule has 1 aromatic heterocycles. The van der Waals surface area contributed by atoms with Gasteiger partial charge in [0, 0.05) is 23.5 Å². The van der Waals surface area contributed by atoms with Gasteiger partial charge in [0.1, 0.15) is 5.82 Å². The van der Waals surface area contributed by atoms with Crippen LogP contribution in [0.1, 0.15) is 31.7 Å². The van der Waals surface area contributed by atoms with E-state index in [-0.39, 0.29) is 0 Å². The zero-order chi connectivity index (χ0) is 13.2. The summed E-state index contributed by atoms with van der Waals surface area (Å²) in [5.41, 5.74) is 2.22. The number of rotatable bonds is 5. The van der Waals surface area contributed by atoms with Gasteiger partial charge in [-0.1, -0.05) is 25.1 Å². The van der Waals surface area contributed by atoms with Crippen LogP contribution in [-0.2, 0) is 5.88 Å². The summed E-state index contributed by atoms with van der Waals surface area (Å²) in [4.78, 5) is 7.32. The lowest BCUT2D eigenvalue weighted by Crippen LogP contribution is -2.28. The van der Waals surface area contributed by atoms with Crippen LogP contribution >= 0.6 is 11.6 Å². The number of nitrogens with zero attached hydrogens (tertiary/aromatic N) is 2. The highest BCUT2D eigenvalue weighted by molar-refractivity contribution is 6.17. The molecular weight excluding hydrogens is 256 g/mol. The first-order chi connectivity index (χ1) is 9.33. The van der Waals surface area contributed by atoms with E-state index in [4.69, 9.17) is 16.6 Å². The smallest absolute Gasteiger partial charge is 0.133 e. The van der Waals surface area contributed by atoms with Crippen molar-refractivity contribution in [3.05, 3.63) is 35.9 Å². The summed E-state index contributed by atoms with van der Waals surface area (Å²) in [6, 6.07) is 11.1. The Balaban J connectivity index is 2.08. The summed E-state index contributed by atoms with van der Waals surface area (Å²) in [7, 11) is 0. The molecule has 2 aromatic rings. The van der Waals surface area contributed by atoms with Crippen molar-refractivity contribution in [3.63, 3.8) is 0 Å². The van der Waals surface area contributed by atoms with Crippen molar-refractivity contribution in [2.24, 2.45) is 0 Å². The summed E-state index contributed by atoms with van der Waals surface area (Å²) in [5.74, 6) is 1.62. The summed E-state index contributed by atoms with van der Waals surface area (Å²) < 4.78 is 0. The highest BCUT2D eigenvalue weighted by Gasteiger charge is 2.30. The third-order valence-electron chi connectivity index (χ3n) is 3.65. The van der Waals surface area contributed by atoms with E-state index in [9.17, 15) is 0 Å². The first-order valence-corrected chi connectivity index (χ1v) is 7.58. The summed E-state index contributed by atoms with van der Waals surface area (Å²) in [6.07, 6.45) is 3.72. The maximum atomic E-state index is 6.14. The highest BCUT2D eigenvalue weighted by Crippen LogP contribution is 2.34. The minimum absolute atomic E-state index is 0.528.